The molecule has 0 aliphatic rings. The molecule has 1 aromatic heterocycles. The van der Waals surface area contributed by atoms with Gasteiger partial charge in [0.05, 0.1) is 13.4 Å². The molecule has 0 fully saturated rings. The van der Waals surface area contributed by atoms with Crippen LogP contribution in [0.3, 0.4) is 0 Å². The van der Waals surface area contributed by atoms with Gasteiger partial charge in [-0.1, -0.05) is 23.7 Å². The second-order valence-electron chi connectivity index (χ2n) is 4.32. The average Bonchev–Trinajstić information content (AvgIpc) is 2.93. The van der Waals surface area contributed by atoms with E-state index < -0.39 is 5.97 Å². The first-order chi connectivity index (χ1) is 9.70. The number of methoxy groups -OCH3 is 1. The molecule has 0 radical (unpaired) electrons. The maximum absolute atomic E-state index is 11.4. The SMILES string of the molecule is COC(=O)c1occc1CNCCc1ccc(Cl)cc1. The van der Waals surface area contributed by atoms with Crippen LogP contribution in [0.2, 0.25) is 5.02 Å². The predicted octanol–water partition coefficient (Wildman–Crippen LogP) is 3.05. The van der Waals surface area contributed by atoms with E-state index in [0.29, 0.717) is 6.54 Å². The van der Waals surface area contributed by atoms with Gasteiger partial charge in [-0.2, -0.15) is 0 Å². The van der Waals surface area contributed by atoms with Crippen molar-refractivity contribution in [1.29, 1.82) is 0 Å². The molecular weight excluding hydrogens is 278 g/mol. The third-order valence-electron chi connectivity index (χ3n) is 2.94. The zero-order valence-electron chi connectivity index (χ0n) is 11.2. The van der Waals surface area contributed by atoms with Crippen molar-refractivity contribution in [3.05, 3.63) is 58.5 Å². The summed E-state index contributed by atoms with van der Waals surface area (Å²) in [6.07, 6.45) is 2.38. The Hall–Kier alpha value is -1.78. The standard InChI is InChI=1S/C15H16ClNO3/c1-19-15(18)14-12(7-9-20-14)10-17-8-6-11-2-4-13(16)5-3-11/h2-5,7,9,17H,6,8,10H2,1H3. The monoisotopic (exact) mass is 293 g/mol. The van der Waals surface area contributed by atoms with Crippen molar-refractivity contribution in [1.82, 2.24) is 5.32 Å². The Kier molecular flexibility index (Phi) is 5.21. The summed E-state index contributed by atoms with van der Waals surface area (Å²) >= 11 is 5.83. The number of halogens is 1. The summed E-state index contributed by atoms with van der Waals surface area (Å²) < 4.78 is 9.77. The summed E-state index contributed by atoms with van der Waals surface area (Å²) in [7, 11) is 1.34. The van der Waals surface area contributed by atoms with Crippen LogP contribution in [0, 0.1) is 0 Å². The van der Waals surface area contributed by atoms with Gasteiger partial charge in [-0.15, -0.1) is 0 Å². The van der Waals surface area contributed by atoms with E-state index in [2.05, 4.69) is 10.1 Å². The van der Waals surface area contributed by atoms with Crippen LogP contribution >= 0.6 is 11.6 Å². The highest BCUT2D eigenvalue weighted by Gasteiger charge is 2.14. The minimum atomic E-state index is -0.454. The van der Waals surface area contributed by atoms with Crippen molar-refractivity contribution < 1.29 is 13.9 Å². The molecule has 0 amide bonds. The van der Waals surface area contributed by atoms with Crippen LogP contribution in [0.15, 0.2) is 41.0 Å². The van der Waals surface area contributed by atoms with Gasteiger partial charge in [0.15, 0.2) is 0 Å². The summed E-state index contributed by atoms with van der Waals surface area (Å²) in [5, 5.41) is 4.01. The van der Waals surface area contributed by atoms with Crippen molar-refractivity contribution in [2.24, 2.45) is 0 Å². The Morgan fingerprint density at radius 3 is 2.75 bits per heavy atom. The van der Waals surface area contributed by atoms with E-state index >= 15 is 0 Å². The van der Waals surface area contributed by atoms with E-state index in [1.807, 2.05) is 24.3 Å². The van der Waals surface area contributed by atoms with Crippen LogP contribution in [0.5, 0.6) is 0 Å². The lowest BCUT2D eigenvalue weighted by Crippen LogP contribution is -2.18. The van der Waals surface area contributed by atoms with Gasteiger partial charge >= 0.3 is 5.97 Å². The van der Waals surface area contributed by atoms with E-state index in [1.165, 1.54) is 18.9 Å². The molecule has 2 rings (SSSR count). The molecule has 20 heavy (non-hydrogen) atoms. The van der Waals surface area contributed by atoms with Gasteiger partial charge in [0.1, 0.15) is 0 Å². The van der Waals surface area contributed by atoms with Gasteiger partial charge in [-0.05, 0) is 36.7 Å². The summed E-state index contributed by atoms with van der Waals surface area (Å²) in [6, 6.07) is 9.52. The minimum Gasteiger partial charge on any atom is -0.463 e. The minimum absolute atomic E-state index is 0.256. The van der Waals surface area contributed by atoms with Crippen molar-refractivity contribution in [3.8, 4) is 0 Å². The molecule has 1 heterocycles. The highest BCUT2D eigenvalue weighted by molar-refractivity contribution is 6.30. The lowest BCUT2D eigenvalue weighted by Gasteiger charge is -2.05. The summed E-state index contributed by atoms with van der Waals surface area (Å²) in [5.41, 5.74) is 2.01. The number of rotatable bonds is 6. The van der Waals surface area contributed by atoms with E-state index in [-0.39, 0.29) is 5.76 Å². The van der Waals surface area contributed by atoms with Crippen LogP contribution in [0.25, 0.3) is 0 Å². The highest BCUT2D eigenvalue weighted by Crippen LogP contribution is 2.12. The van der Waals surface area contributed by atoms with Gasteiger partial charge in [0.25, 0.3) is 0 Å². The molecule has 2 aromatic rings. The number of ether oxygens (including phenoxy) is 1. The lowest BCUT2D eigenvalue weighted by atomic mass is 10.1. The maximum atomic E-state index is 11.4. The molecule has 0 unspecified atom stereocenters. The topological polar surface area (TPSA) is 51.5 Å². The second-order valence-corrected chi connectivity index (χ2v) is 4.76. The molecule has 0 saturated carbocycles. The van der Waals surface area contributed by atoms with E-state index in [1.54, 1.807) is 6.07 Å². The fourth-order valence-corrected chi connectivity index (χ4v) is 1.98. The number of nitrogens with one attached hydrogen (secondary N) is 1. The molecule has 0 aliphatic heterocycles. The number of benzene rings is 1. The first-order valence-corrected chi connectivity index (χ1v) is 6.68. The zero-order valence-corrected chi connectivity index (χ0v) is 11.9. The van der Waals surface area contributed by atoms with Gasteiger partial charge < -0.3 is 14.5 Å². The Morgan fingerprint density at radius 1 is 1.30 bits per heavy atom. The molecule has 1 aromatic carbocycles. The molecule has 0 saturated heterocycles. The molecule has 0 spiro atoms. The number of hydrogen-bond donors (Lipinski definition) is 1. The fourth-order valence-electron chi connectivity index (χ4n) is 1.85. The molecule has 1 N–H and O–H groups in total. The van der Waals surface area contributed by atoms with E-state index in [9.17, 15) is 4.79 Å². The molecule has 5 heteroatoms. The molecule has 4 nitrogen and oxygen atoms in total. The first kappa shape index (κ1) is 14.6. The highest BCUT2D eigenvalue weighted by atomic mass is 35.5. The normalized spacial score (nSPS) is 10.5. The Morgan fingerprint density at radius 2 is 2.05 bits per heavy atom. The van der Waals surface area contributed by atoms with E-state index in [0.717, 1.165) is 23.6 Å². The first-order valence-electron chi connectivity index (χ1n) is 6.30. The average molecular weight is 294 g/mol. The zero-order chi connectivity index (χ0) is 14.4. The largest absolute Gasteiger partial charge is 0.463 e. The summed E-state index contributed by atoms with van der Waals surface area (Å²) in [4.78, 5) is 11.4. The molecular formula is C15H16ClNO3. The predicted molar refractivity (Wildman–Crippen MR) is 76.9 cm³/mol. The summed E-state index contributed by atoms with van der Waals surface area (Å²) in [5.74, 6) is -0.198. The van der Waals surface area contributed by atoms with Crippen LogP contribution in [-0.2, 0) is 17.7 Å². The molecule has 0 atom stereocenters. The number of hydrogen-bond acceptors (Lipinski definition) is 4. The number of furan rings is 1. The quantitative estimate of drug-likeness (QED) is 0.657. The van der Waals surface area contributed by atoms with Crippen molar-refractivity contribution >= 4 is 17.6 Å². The number of carbonyl (C=O) groups is 1. The Labute approximate surface area is 122 Å². The van der Waals surface area contributed by atoms with Crippen molar-refractivity contribution in [3.63, 3.8) is 0 Å². The third kappa shape index (κ3) is 3.85. The van der Waals surface area contributed by atoms with Crippen molar-refractivity contribution in [2.45, 2.75) is 13.0 Å². The van der Waals surface area contributed by atoms with Crippen LogP contribution in [0.4, 0.5) is 0 Å². The lowest BCUT2D eigenvalue weighted by molar-refractivity contribution is 0.0563. The Bertz CT molecular complexity index is 563. The van der Waals surface area contributed by atoms with Gasteiger partial charge in [-0.3, -0.25) is 0 Å². The third-order valence-corrected chi connectivity index (χ3v) is 3.19. The summed E-state index contributed by atoms with van der Waals surface area (Å²) in [6.45, 7) is 1.36. The fraction of sp³-hybridized carbons (Fsp3) is 0.267. The second kappa shape index (κ2) is 7.12. The number of esters is 1. The smallest absolute Gasteiger partial charge is 0.374 e. The van der Waals surface area contributed by atoms with Gasteiger partial charge in [-0.25, -0.2) is 4.79 Å². The van der Waals surface area contributed by atoms with E-state index in [4.69, 9.17) is 16.0 Å². The molecule has 0 aliphatic carbocycles. The van der Waals surface area contributed by atoms with Gasteiger partial charge in [0.2, 0.25) is 5.76 Å². The van der Waals surface area contributed by atoms with Crippen LogP contribution in [0.1, 0.15) is 21.7 Å². The Balaban J connectivity index is 1.80. The molecule has 0 bridgehead atoms. The number of carbonyl (C=O) groups excluding carboxylic acids is 1. The van der Waals surface area contributed by atoms with Gasteiger partial charge in [0, 0.05) is 17.1 Å². The van der Waals surface area contributed by atoms with Crippen LogP contribution < -0.4 is 5.32 Å². The maximum Gasteiger partial charge on any atom is 0.374 e. The van der Waals surface area contributed by atoms with Crippen LogP contribution in [-0.4, -0.2) is 19.6 Å². The molecule has 106 valence electrons. The van der Waals surface area contributed by atoms with Crippen molar-refractivity contribution in [2.75, 3.05) is 13.7 Å².